The Balaban J connectivity index is -0.000000648. The number of carboxylic acid groups (broad SMARTS) is 4. The van der Waals surface area contributed by atoms with Gasteiger partial charge < -0.3 is 20.4 Å². The van der Waals surface area contributed by atoms with Crippen LogP contribution in [0.5, 0.6) is 0 Å². The molecule has 0 aliphatic carbocycles. The van der Waals surface area contributed by atoms with Gasteiger partial charge in [0, 0.05) is 23.3 Å². The predicted molar refractivity (Wildman–Crippen MR) is 205 cm³/mol. The molecule has 0 unspecified atom stereocenters. The molecule has 286 valence electrons. The van der Waals surface area contributed by atoms with Crippen molar-refractivity contribution in [2.24, 2.45) is 11.8 Å². The van der Waals surface area contributed by atoms with Crippen LogP contribution >= 0.6 is 0 Å². The van der Waals surface area contributed by atoms with Crippen molar-refractivity contribution in [3.8, 4) is 0 Å². The van der Waals surface area contributed by atoms with Gasteiger partial charge in [0.25, 0.3) is 0 Å². The first-order valence-corrected chi connectivity index (χ1v) is 23.4. The zero-order valence-corrected chi connectivity index (χ0v) is 35.1. The molecule has 2 radical (unpaired) electrons. The Kier molecular flexibility index (Phi) is 41.0. The molecule has 0 spiro atoms. The molecule has 9 heteroatoms. The van der Waals surface area contributed by atoms with E-state index in [-0.39, 0.29) is 32.3 Å². The van der Waals surface area contributed by atoms with Gasteiger partial charge in [0.2, 0.25) is 0 Å². The minimum absolute atomic E-state index is 0.0166. The minimum atomic E-state index is -1.19. The van der Waals surface area contributed by atoms with Gasteiger partial charge in [-0.3, -0.25) is 0 Å². The van der Waals surface area contributed by atoms with Crippen LogP contribution in [0, 0.1) is 11.8 Å². The summed E-state index contributed by atoms with van der Waals surface area (Å²) in [5.41, 5.74) is -0.0332. The molecule has 0 amide bonds. The molecule has 0 bridgehead atoms. The van der Waals surface area contributed by atoms with E-state index in [4.69, 9.17) is 20.4 Å². The van der Waals surface area contributed by atoms with E-state index in [0.29, 0.717) is 24.7 Å². The molecule has 0 aromatic rings. The maximum absolute atomic E-state index is 10.7. The predicted octanol–water partition coefficient (Wildman–Crippen LogP) is 11.6. The van der Waals surface area contributed by atoms with Gasteiger partial charge in [0.15, 0.2) is 0 Å². The van der Waals surface area contributed by atoms with E-state index in [1.165, 1.54) is 64.2 Å². The molecule has 0 saturated carbocycles. The van der Waals surface area contributed by atoms with Crippen LogP contribution in [0.3, 0.4) is 0 Å². The molecular formula is C40H74O8Sn. The monoisotopic (exact) mass is 802 g/mol. The van der Waals surface area contributed by atoms with Gasteiger partial charge in [-0.25, -0.2) is 19.2 Å². The number of aliphatic carboxylic acids is 4. The Labute approximate surface area is 310 Å². The maximum atomic E-state index is 10.7. The normalized spacial score (nSPS) is 11.5. The molecule has 0 atom stereocenters. The Morgan fingerprint density at radius 3 is 1.06 bits per heavy atom. The van der Waals surface area contributed by atoms with E-state index in [2.05, 4.69) is 41.5 Å². The first kappa shape index (κ1) is 51.5. The summed E-state index contributed by atoms with van der Waals surface area (Å²) in [5, 5.41) is 34.4. The summed E-state index contributed by atoms with van der Waals surface area (Å²) >= 11 is 0.0736. The summed E-state index contributed by atoms with van der Waals surface area (Å²) in [4.78, 5) is 42.1. The average Bonchev–Trinajstić information content (AvgIpc) is 3.01. The number of hydrogen-bond donors (Lipinski definition) is 4. The van der Waals surface area contributed by atoms with Gasteiger partial charge in [0.1, 0.15) is 0 Å². The van der Waals surface area contributed by atoms with Crippen LogP contribution in [0.25, 0.3) is 0 Å². The van der Waals surface area contributed by atoms with Gasteiger partial charge >= 0.3 is 145 Å². The van der Waals surface area contributed by atoms with Gasteiger partial charge in [0.05, 0.1) is 0 Å². The SMILES string of the molecule is CC(C)CCCCC/C(=C/C(=O)O)C(=O)O.CC(C)CCCCC/C(=C/C(=O)O)C(=O)O.CCCCCCC[CH2][Sn][CH2]CCCCCCC. The number of hydrogen-bond acceptors (Lipinski definition) is 4. The summed E-state index contributed by atoms with van der Waals surface area (Å²) in [6.07, 6.45) is 27.8. The van der Waals surface area contributed by atoms with Gasteiger partial charge in [-0.2, -0.15) is 0 Å². The van der Waals surface area contributed by atoms with Crippen molar-refractivity contribution in [1.29, 1.82) is 0 Å². The third kappa shape index (κ3) is 46.2. The van der Waals surface area contributed by atoms with Crippen LogP contribution in [0.4, 0.5) is 0 Å². The molecule has 0 heterocycles. The summed E-state index contributed by atoms with van der Waals surface area (Å²) in [5.74, 6) is -3.33. The molecule has 0 fully saturated rings. The van der Waals surface area contributed by atoms with E-state index in [0.717, 1.165) is 63.5 Å². The second-order valence-electron chi connectivity index (χ2n) is 13.9. The van der Waals surface area contributed by atoms with Gasteiger partial charge in [-0.15, -0.1) is 0 Å². The van der Waals surface area contributed by atoms with E-state index >= 15 is 0 Å². The third-order valence-corrected chi connectivity index (χ3v) is 12.1. The Morgan fingerprint density at radius 2 is 0.776 bits per heavy atom. The molecule has 0 aliphatic rings. The average molecular weight is 802 g/mol. The quantitative estimate of drug-likeness (QED) is 0.0319. The standard InChI is InChI=1S/2C12H20O4.2C8H17.Sn/c2*1-9(2)6-4-3-5-7-10(12(15)16)8-11(13)14;2*1-3-5-7-8-6-4-2;/h2*8-9H,3-7H2,1-2H3,(H,13,14)(H,15,16);2*1,3-8H2,2H3;/b2*10-8-;;;. The summed E-state index contributed by atoms with van der Waals surface area (Å²) in [7, 11) is 0. The Morgan fingerprint density at radius 1 is 0.469 bits per heavy atom. The summed E-state index contributed by atoms with van der Waals surface area (Å²) in [6.45, 7) is 13.2. The third-order valence-electron chi connectivity index (χ3n) is 8.01. The molecule has 4 N–H and O–H groups in total. The summed E-state index contributed by atoms with van der Waals surface area (Å²) < 4.78 is 3.31. The second-order valence-corrected chi connectivity index (χ2v) is 18.2. The van der Waals surface area contributed by atoms with Crippen molar-refractivity contribution in [1.82, 2.24) is 0 Å². The van der Waals surface area contributed by atoms with Gasteiger partial charge in [-0.1, -0.05) is 66.2 Å². The fraction of sp³-hybridized carbons (Fsp3) is 0.800. The fourth-order valence-corrected chi connectivity index (χ4v) is 8.62. The number of unbranched alkanes of at least 4 members (excludes halogenated alkanes) is 14. The van der Waals surface area contributed by atoms with Crippen molar-refractivity contribution >= 4 is 45.0 Å². The number of carbonyl (C=O) groups is 4. The van der Waals surface area contributed by atoms with Crippen LogP contribution in [0.1, 0.15) is 183 Å². The van der Waals surface area contributed by atoms with E-state index in [1.807, 2.05) is 0 Å². The van der Waals surface area contributed by atoms with Crippen molar-refractivity contribution in [2.75, 3.05) is 0 Å². The molecular weight excluding hydrogens is 727 g/mol. The molecule has 0 aromatic heterocycles. The van der Waals surface area contributed by atoms with E-state index in [1.54, 1.807) is 21.7 Å². The zero-order valence-electron chi connectivity index (χ0n) is 32.2. The molecule has 0 aromatic carbocycles. The van der Waals surface area contributed by atoms with Crippen molar-refractivity contribution in [2.45, 2.75) is 192 Å². The fourth-order valence-electron chi connectivity index (χ4n) is 5.06. The van der Waals surface area contributed by atoms with Crippen LogP contribution in [0.15, 0.2) is 23.3 Å². The first-order chi connectivity index (χ1) is 23.3. The number of carboxylic acids is 4. The topological polar surface area (TPSA) is 149 Å². The van der Waals surface area contributed by atoms with Gasteiger partial charge in [-0.05, 0) is 37.5 Å². The zero-order chi connectivity index (χ0) is 37.7. The Hall–Kier alpha value is -1.84. The van der Waals surface area contributed by atoms with Crippen LogP contribution in [0.2, 0.25) is 8.87 Å². The summed E-state index contributed by atoms with van der Waals surface area (Å²) in [6, 6.07) is 0. The number of rotatable bonds is 30. The van der Waals surface area contributed by atoms with Crippen LogP contribution in [-0.4, -0.2) is 65.4 Å². The first-order valence-electron chi connectivity index (χ1n) is 19.3. The van der Waals surface area contributed by atoms with Crippen LogP contribution in [-0.2, 0) is 19.2 Å². The molecule has 0 rings (SSSR count). The molecule has 8 nitrogen and oxygen atoms in total. The molecule has 0 aliphatic heterocycles. The second kappa shape index (κ2) is 39.0. The van der Waals surface area contributed by atoms with Crippen LogP contribution < -0.4 is 0 Å². The van der Waals surface area contributed by atoms with E-state index < -0.39 is 23.9 Å². The van der Waals surface area contributed by atoms with E-state index in [9.17, 15) is 19.2 Å². The molecule has 0 saturated heterocycles. The molecule has 49 heavy (non-hydrogen) atoms. The van der Waals surface area contributed by atoms with Crippen molar-refractivity contribution in [3.05, 3.63) is 23.3 Å². The van der Waals surface area contributed by atoms with Crippen molar-refractivity contribution < 1.29 is 39.6 Å². The van der Waals surface area contributed by atoms with Crippen molar-refractivity contribution in [3.63, 3.8) is 0 Å². The Bertz CT molecular complexity index is 810.